The van der Waals surface area contributed by atoms with Gasteiger partial charge in [-0.2, -0.15) is 0 Å². The van der Waals surface area contributed by atoms with E-state index in [2.05, 4.69) is 14.9 Å². The van der Waals surface area contributed by atoms with Crippen molar-refractivity contribution in [2.45, 2.75) is 19.4 Å². The molecule has 3 rings (SSSR count). The quantitative estimate of drug-likeness (QED) is 0.913. The molecular formula is C15H17N3O. The van der Waals surface area contributed by atoms with Gasteiger partial charge in [0.05, 0.1) is 5.69 Å². The van der Waals surface area contributed by atoms with Gasteiger partial charge < -0.3 is 4.98 Å². The molecule has 1 aliphatic heterocycles. The number of H-pyrrole nitrogens is 1. The van der Waals surface area contributed by atoms with Crippen LogP contribution in [0.3, 0.4) is 0 Å². The van der Waals surface area contributed by atoms with Crippen LogP contribution in [0, 0.1) is 0 Å². The van der Waals surface area contributed by atoms with E-state index in [1.54, 1.807) is 6.07 Å². The summed E-state index contributed by atoms with van der Waals surface area (Å²) in [4.78, 5) is 21.5. The Balaban J connectivity index is 1.89. The van der Waals surface area contributed by atoms with Gasteiger partial charge in [0.15, 0.2) is 0 Å². The number of likely N-dealkylation sites (tertiary alicyclic amines) is 1. The Labute approximate surface area is 112 Å². The minimum atomic E-state index is -0.0805. The molecule has 1 aromatic heterocycles. The largest absolute Gasteiger partial charge is 0.307 e. The number of nitrogens with one attached hydrogen (secondary N) is 1. The fourth-order valence-electron chi connectivity index (χ4n) is 2.49. The molecule has 2 heterocycles. The molecule has 0 radical (unpaired) electrons. The highest BCUT2D eigenvalue weighted by Crippen LogP contribution is 2.14. The van der Waals surface area contributed by atoms with E-state index in [0.29, 0.717) is 5.82 Å². The summed E-state index contributed by atoms with van der Waals surface area (Å²) in [6.45, 7) is 2.98. The summed E-state index contributed by atoms with van der Waals surface area (Å²) in [5, 5.41) is 0. The van der Waals surface area contributed by atoms with E-state index in [4.69, 9.17) is 0 Å². The topological polar surface area (TPSA) is 49.0 Å². The molecule has 0 amide bonds. The fraction of sp³-hybridized carbons (Fsp3) is 0.333. The van der Waals surface area contributed by atoms with E-state index in [-0.39, 0.29) is 5.56 Å². The molecule has 0 bridgehead atoms. The average molecular weight is 255 g/mol. The van der Waals surface area contributed by atoms with E-state index in [0.717, 1.165) is 30.9 Å². The zero-order valence-electron chi connectivity index (χ0n) is 10.8. The summed E-state index contributed by atoms with van der Waals surface area (Å²) < 4.78 is 0. The van der Waals surface area contributed by atoms with Crippen molar-refractivity contribution >= 4 is 0 Å². The van der Waals surface area contributed by atoms with Crippen LogP contribution in [0.1, 0.15) is 18.5 Å². The molecule has 19 heavy (non-hydrogen) atoms. The molecule has 4 nitrogen and oxygen atoms in total. The van der Waals surface area contributed by atoms with Gasteiger partial charge in [-0.1, -0.05) is 30.3 Å². The van der Waals surface area contributed by atoms with Gasteiger partial charge in [0.25, 0.3) is 5.56 Å². The normalized spacial score (nSPS) is 15.8. The number of rotatable bonds is 3. The fourth-order valence-corrected chi connectivity index (χ4v) is 2.49. The van der Waals surface area contributed by atoms with E-state index in [9.17, 15) is 4.79 Å². The van der Waals surface area contributed by atoms with Crippen LogP contribution < -0.4 is 5.56 Å². The molecule has 2 aromatic rings. The lowest BCUT2D eigenvalue weighted by Crippen LogP contribution is -2.21. The molecule has 1 saturated heterocycles. The van der Waals surface area contributed by atoms with Gasteiger partial charge in [-0.3, -0.25) is 9.69 Å². The Morgan fingerprint density at radius 3 is 2.63 bits per heavy atom. The van der Waals surface area contributed by atoms with Crippen molar-refractivity contribution in [3.8, 4) is 11.4 Å². The zero-order chi connectivity index (χ0) is 13.1. The Bertz CT molecular complexity index is 600. The molecule has 4 heteroatoms. The van der Waals surface area contributed by atoms with Gasteiger partial charge in [-0.05, 0) is 25.9 Å². The lowest BCUT2D eigenvalue weighted by Gasteiger charge is -2.14. The molecule has 98 valence electrons. The summed E-state index contributed by atoms with van der Waals surface area (Å²) >= 11 is 0. The second kappa shape index (κ2) is 5.36. The van der Waals surface area contributed by atoms with Gasteiger partial charge in [0.1, 0.15) is 5.82 Å². The van der Waals surface area contributed by atoms with Crippen LogP contribution in [0.15, 0.2) is 41.2 Å². The maximum atomic E-state index is 11.7. The molecule has 0 saturated carbocycles. The first kappa shape index (κ1) is 12.1. The van der Waals surface area contributed by atoms with Gasteiger partial charge in [-0.15, -0.1) is 0 Å². The lowest BCUT2D eigenvalue weighted by molar-refractivity contribution is 0.327. The number of nitrogens with zero attached hydrogens (tertiary/aromatic N) is 2. The summed E-state index contributed by atoms with van der Waals surface area (Å²) in [7, 11) is 0. The van der Waals surface area contributed by atoms with E-state index in [1.165, 1.54) is 12.8 Å². The first-order valence-electron chi connectivity index (χ1n) is 6.69. The third-order valence-electron chi connectivity index (χ3n) is 3.43. The van der Waals surface area contributed by atoms with Crippen molar-refractivity contribution in [1.29, 1.82) is 0 Å². The van der Waals surface area contributed by atoms with Crippen molar-refractivity contribution in [2.75, 3.05) is 13.1 Å². The Morgan fingerprint density at radius 1 is 1.16 bits per heavy atom. The third kappa shape index (κ3) is 2.90. The predicted molar refractivity (Wildman–Crippen MR) is 74.8 cm³/mol. The Kier molecular flexibility index (Phi) is 3.42. The van der Waals surface area contributed by atoms with E-state index in [1.807, 2.05) is 30.3 Å². The minimum Gasteiger partial charge on any atom is -0.307 e. The van der Waals surface area contributed by atoms with Crippen molar-refractivity contribution in [1.82, 2.24) is 14.9 Å². The molecule has 0 unspecified atom stereocenters. The summed E-state index contributed by atoms with van der Waals surface area (Å²) in [6.07, 6.45) is 2.49. The van der Waals surface area contributed by atoms with E-state index >= 15 is 0 Å². The number of aromatic nitrogens is 2. The predicted octanol–water partition coefficient (Wildman–Crippen LogP) is 2.03. The maximum Gasteiger partial charge on any atom is 0.251 e. The lowest BCUT2D eigenvalue weighted by atomic mass is 10.2. The SMILES string of the molecule is O=c1cc(CN2CCCC2)nc(-c2ccccc2)[nH]1. The van der Waals surface area contributed by atoms with Crippen LogP contribution in [0.25, 0.3) is 11.4 Å². The smallest absolute Gasteiger partial charge is 0.251 e. The molecule has 0 spiro atoms. The highest BCUT2D eigenvalue weighted by Gasteiger charge is 2.13. The maximum absolute atomic E-state index is 11.7. The number of benzene rings is 1. The molecule has 1 N–H and O–H groups in total. The van der Waals surface area contributed by atoms with Crippen molar-refractivity contribution in [2.24, 2.45) is 0 Å². The minimum absolute atomic E-state index is 0.0805. The van der Waals surface area contributed by atoms with Crippen LogP contribution in [-0.4, -0.2) is 28.0 Å². The Hall–Kier alpha value is -1.94. The third-order valence-corrected chi connectivity index (χ3v) is 3.43. The van der Waals surface area contributed by atoms with Crippen molar-refractivity contribution in [3.05, 3.63) is 52.4 Å². The standard InChI is InChI=1S/C15H17N3O/c19-14-10-13(11-18-8-4-5-9-18)16-15(17-14)12-6-2-1-3-7-12/h1-3,6-7,10H,4-5,8-9,11H2,(H,16,17,19). The van der Waals surface area contributed by atoms with Gasteiger partial charge in [0.2, 0.25) is 0 Å². The average Bonchev–Trinajstić information content (AvgIpc) is 2.92. The molecule has 1 fully saturated rings. The summed E-state index contributed by atoms with van der Waals surface area (Å²) in [6, 6.07) is 11.4. The van der Waals surface area contributed by atoms with Crippen LogP contribution in [0.5, 0.6) is 0 Å². The first-order chi connectivity index (χ1) is 9.31. The first-order valence-corrected chi connectivity index (χ1v) is 6.69. The Morgan fingerprint density at radius 2 is 1.89 bits per heavy atom. The number of hydrogen-bond acceptors (Lipinski definition) is 3. The second-order valence-electron chi connectivity index (χ2n) is 4.93. The van der Waals surface area contributed by atoms with Crippen molar-refractivity contribution in [3.63, 3.8) is 0 Å². The van der Waals surface area contributed by atoms with Gasteiger partial charge >= 0.3 is 0 Å². The summed E-state index contributed by atoms with van der Waals surface area (Å²) in [5.41, 5.74) is 1.72. The number of hydrogen-bond donors (Lipinski definition) is 1. The van der Waals surface area contributed by atoms with E-state index < -0.39 is 0 Å². The van der Waals surface area contributed by atoms with Crippen LogP contribution in [0.2, 0.25) is 0 Å². The van der Waals surface area contributed by atoms with Crippen molar-refractivity contribution < 1.29 is 0 Å². The molecule has 0 atom stereocenters. The number of aromatic amines is 1. The molecular weight excluding hydrogens is 238 g/mol. The molecule has 1 aliphatic rings. The molecule has 1 aromatic carbocycles. The van der Waals surface area contributed by atoms with Crippen LogP contribution >= 0.6 is 0 Å². The monoisotopic (exact) mass is 255 g/mol. The zero-order valence-corrected chi connectivity index (χ0v) is 10.8. The summed E-state index contributed by atoms with van der Waals surface area (Å²) in [5.74, 6) is 0.655. The highest BCUT2D eigenvalue weighted by atomic mass is 16.1. The van der Waals surface area contributed by atoms with Gasteiger partial charge in [-0.25, -0.2) is 4.98 Å². The van der Waals surface area contributed by atoms with Gasteiger partial charge in [0, 0.05) is 18.2 Å². The molecule has 0 aliphatic carbocycles. The highest BCUT2D eigenvalue weighted by molar-refractivity contribution is 5.54. The van der Waals surface area contributed by atoms with Crippen LogP contribution in [-0.2, 0) is 6.54 Å². The van der Waals surface area contributed by atoms with Crippen LogP contribution in [0.4, 0.5) is 0 Å². The second-order valence-corrected chi connectivity index (χ2v) is 4.93.